The molecule has 1 N–H and O–H groups in total. The van der Waals surface area contributed by atoms with Crippen molar-refractivity contribution in [2.45, 2.75) is 6.54 Å². The second-order valence-electron chi connectivity index (χ2n) is 3.85. The molecule has 0 saturated carbocycles. The first-order valence-electron chi connectivity index (χ1n) is 5.37. The fourth-order valence-electron chi connectivity index (χ4n) is 1.88. The predicted molar refractivity (Wildman–Crippen MR) is 68.2 cm³/mol. The third-order valence-corrected chi connectivity index (χ3v) is 3.05. The minimum Gasteiger partial charge on any atom is -0.328 e. The van der Waals surface area contributed by atoms with Crippen molar-refractivity contribution < 1.29 is 4.39 Å². The minimum absolute atomic E-state index is 0.306. The molecule has 0 spiro atoms. The molecule has 0 bridgehead atoms. The Bertz CT molecular complexity index is 748. The van der Waals surface area contributed by atoms with Crippen LogP contribution in [-0.2, 0) is 6.54 Å². The maximum absolute atomic E-state index is 13.6. The Kier molecular flexibility index (Phi) is 2.64. The summed E-state index contributed by atoms with van der Waals surface area (Å²) >= 11 is 5.21. The summed E-state index contributed by atoms with van der Waals surface area (Å²) in [6, 6.07) is 6.70. The van der Waals surface area contributed by atoms with Crippen LogP contribution >= 0.6 is 12.2 Å². The van der Waals surface area contributed by atoms with Crippen LogP contribution in [0.5, 0.6) is 0 Å². The van der Waals surface area contributed by atoms with Crippen LogP contribution in [0, 0.1) is 10.6 Å². The number of hydrogen-bond donors (Lipinski definition) is 1. The summed E-state index contributed by atoms with van der Waals surface area (Å²) < 4.78 is 15.9. The summed E-state index contributed by atoms with van der Waals surface area (Å²) in [5.41, 5.74) is 1.99. The molecule has 18 heavy (non-hydrogen) atoms. The van der Waals surface area contributed by atoms with Crippen molar-refractivity contribution in [2.75, 3.05) is 0 Å². The summed E-state index contributed by atoms with van der Waals surface area (Å²) in [5, 5.41) is 0. The van der Waals surface area contributed by atoms with Crippen LogP contribution < -0.4 is 0 Å². The van der Waals surface area contributed by atoms with E-state index in [1.54, 1.807) is 18.3 Å². The van der Waals surface area contributed by atoms with E-state index in [1.807, 2.05) is 10.6 Å². The normalized spacial score (nSPS) is 10.9. The van der Waals surface area contributed by atoms with E-state index in [0.717, 1.165) is 11.2 Å². The van der Waals surface area contributed by atoms with Crippen molar-refractivity contribution in [3.8, 4) is 0 Å². The Hall–Kier alpha value is -2.08. The number of imidazole rings is 1. The molecule has 6 heteroatoms. The van der Waals surface area contributed by atoms with Gasteiger partial charge in [0.25, 0.3) is 0 Å². The third-order valence-electron chi connectivity index (χ3n) is 2.72. The average molecular weight is 260 g/mol. The van der Waals surface area contributed by atoms with Crippen LogP contribution in [0.15, 0.2) is 36.8 Å². The molecule has 0 radical (unpaired) electrons. The van der Waals surface area contributed by atoms with E-state index >= 15 is 0 Å². The van der Waals surface area contributed by atoms with Gasteiger partial charge in [-0.25, -0.2) is 14.4 Å². The van der Waals surface area contributed by atoms with Crippen molar-refractivity contribution in [1.82, 2.24) is 19.5 Å². The maximum atomic E-state index is 13.6. The molecule has 0 saturated heterocycles. The van der Waals surface area contributed by atoms with Crippen molar-refractivity contribution in [2.24, 2.45) is 0 Å². The van der Waals surface area contributed by atoms with E-state index < -0.39 is 0 Å². The Balaban J connectivity index is 2.15. The van der Waals surface area contributed by atoms with Gasteiger partial charge in [0.1, 0.15) is 17.7 Å². The zero-order valence-electron chi connectivity index (χ0n) is 9.30. The number of aromatic amines is 1. The standard InChI is InChI=1S/C12H9FN4S/c13-9-2-1-3-10-11(9)16-12(18)17(10)6-8-4-5-14-7-15-8/h1-5,7H,6H2,(H,16,18). The number of H-pyrrole nitrogens is 1. The monoisotopic (exact) mass is 260 g/mol. The lowest BCUT2D eigenvalue weighted by atomic mass is 10.3. The van der Waals surface area contributed by atoms with Crippen LogP contribution in [0.1, 0.15) is 5.69 Å². The molecule has 0 unspecified atom stereocenters. The number of nitrogens with one attached hydrogen (secondary N) is 1. The summed E-state index contributed by atoms with van der Waals surface area (Å²) in [6.45, 7) is 0.491. The average Bonchev–Trinajstić information content (AvgIpc) is 2.70. The number of benzene rings is 1. The highest BCUT2D eigenvalue weighted by atomic mass is 32.1. The Morgan fingerprint density at radius 3 is 3.00 bits per heavy atom. The van der Waals surface area contributed by atoms with Crippen molar-refractivity contribution in [3.63, 3.8) is 0 Å². The summed E-state index contributed by atoms with van der Waals surface area (Å²) in [4.78, 5) is 10.9. The number of nitrogens with zero attached hydrogens (tertiary/aromatic N) is 3. The van der Waals surface area contributed by atoms with Gasteiger partial charge in [0.2, 0.25) is 0 Å². The molecule has 0 aliphatic rings. The second-order valence-corrected chi connectivity index (χ2v) is 4.24. The van der Waals surface area contributed by atoms with Gasteiger partial charge in [-0.3, -0.25) is 0 Å². The van der Waals surface area contributed by atoms with Gasteiger partial charge in [-0.15, -0.1) is 0 Å². The number of hydrogen-bond acceptors (Lipinski definition) is 3. The zero-order valence-corrected chi connectivity index (χ0v) is 10.1. The molecule has 0 amide bonds. The van der Waals surface area contributed by atoms with Crippen molar-refractivity contribution in [1.29, 1.82) is 0 Å². The Morgan fingerprint density at radius 1 is 1.33 bits per heavy atom. The van der Waals surface area contributed by atoms with Crippen LogP contribution in [-0.4, -0.2) is 19.5 Å². The molecular weight excluding hydrogens is 251 g/mol. The first-order valence-corrected chi connectivity index (χ1v) is 5.78. The van der Waals surface area contributed by atoms with E-state index in [-0.39, 0.29) is 5.82 Å². The lowest BCUT2D eigenvalue weighted by molar-refractivity contribution is 0.637. The highest BCUT2D eigenvalue weighted by molar-refractivity contribution is 7.71. The molecule has 0 aliphatic heterocycles. The summed E-state index contributed by atoms with van der Waals surface area (Å²) in [5.74, 6) is -0.306. The van der Waals surface area contributed by atoms with E-state index in [2.05, 4.69) is 15.0 Å². The van der Waals surface area contributed by atoms with Gasteiger partial charge in [0.05, 0.1) is 17.8 Å². The highest BCUT2D eigenvalue weighted by Gasteiger charge is 2.08. The topological polar surface area (TPSA) is 46.5 Å². The van der Waals surface area contributed by atoms with Crippen molar-refractivity contribution in [3.05, 3.63) is 53.1 Å². The zero-order chi connectivity index (χ0) is 12.5. The molecule has 4 nitrogen and oxygen atoms in total. The largest absolute Gasteiger partial charge is 0.328 e. The number of aromatic nitrogens is 4. The molecular formula is C12H9FN4S. The van der Waals surface area contributed by atoms with E-state index in [1.165, 1.54) is 12.4 Å². The third kappa shape index (κ3) is 1.80. The fourth-order valence-corrected chi connectivity index (χ4v) is 2.14. The lowest BCUT2D eigenvalue weighted by Crippen LogP contribution is -2.01. The predicted octanol–water partition coefficient (Wildman–Crippen LogP) is 2.68. The first kappa shape index (κ1) is 11.0. The Morgan fingerprint density at radius 2 is 2.22 bits per heavy atom. The van der Waals surface area contributed by atoms with Crippen LogP contribution in [0.2, 0.25) is 0 Å². The first-order chi connectivity index (χ1) is 8.75. The molecule has 90 valence electrons. The molecule has 2 aromatic heterocycles. The number of para-hydroxylation sites is 1. The molecule has 3 rings (SSSR count). The summed E-state index contributed by atoms with van der Waals surface area (Å²) in [7, 11) is 0. The molecule has 1 aromatic carbocycles. The quantitative estimate of drug-likeness (QED) is 0.721. The van der Waals surface area contributed by atoms with Gasteiger partial charge in [-0.1, -0.05) is 6.07 Å². The lowest BCUT2D eigenvalue weighted by Gasteiger charge is -2.03. The van der Waals surface area contributed by atoms with E-state index in [0.29, 0.717) is 16.8 Å². The van der Waals surface area contributed by atoms with Crippen LogP contribution in [0.25, 0.3) is 11.0 Å². The Labute approximate surface area is 107 Å². The van der Waals surface area contributed by atoms with Gasteiger partial charge >= 0.3 is 0 Å². The molecule has 0 atom stereocenters. The van der Waals surface area contributed by atoms with E-state index in [4.69, 9.17) is 12.2 Å². The number of fused-ring (bicyclic) bond motifs is 1. The maximum Gasteiger partial charge on any atom is 0.178 e. The molecule has 2 heterocycles. The van der Waals surface area contributed by atoms with Gasteiger partial charge < -0.3 is 9.55 Å². The van der Waals surface area contributed by atoms with Crippen LogP contribution in [0.3, 0.4) is 0 Å². The number of halogens is 1. The smallest absolute Gasteiger partial charge is 0.178 e. The molecule has 3 aromatic rings. The molecule has 0 aliphatic carbocycles. The SMILES string of the molecule is Fc1cccc2c1[nH]c(=S)n2Cc1ccncn1. The fraction of sp³-hybridized carbons (Fsp3) is 0.0833. The van der Waals surface area contributed by atoms with Gasteiger partial charge in [0.15, 0.2) is 4.77 Å². The van der Waals surface area contributed by atoms with Gasteiger partial charge in [-0.2, -0.15) is 0 Å². The summed E-state index contributed by atoms with van der Waals surface area (Å²) in [6.07, 6.45) is 3.15. The highest BCUT2D eigenvalue weighted by Crippen LogP contribution is 2.18. The minimum atomic E-state index is -0.306. The van der Waals surface area contributed by atoms with E-state index in [9.17, 15) is 4.39 Å². The van der Waals surface area contributed by atoms with Gasteiger partial charge in [0, 0.05) is 6.20 Å². The molecule has 0 fully saturated rings. The van der Waals surface area contributed by atoms with Gasteiger partial charge in [-0.05, 0) is 30.4 Å². The number of rotatable bonds is 2. The second kappa shape index (κ2) is 4.30. The van der Waals surface area contributed by atoms with Crippen LogP contribution in [0.4, 0.5) is 4.39 Å². The van der Waals surface area contributed by atoms with Crippen molar-refractivity contribution >= 4 is 23.3 Å².